The molecule has 1 amide bonds. The van der Waals surface area contributed by atoms with Crippen LogP contribution in [0.15, 0.2) is 48.5 Å². The molecule has 0 spiro atoms. The number of thioether (sulfide) groups is 2. The van der Waals surface area contributed by atoms with Gasteiger partial charge in [-0.05, 0) is 41.7 Å². The monoisotopic (exact) mass is 377 g/mol. The van der Waals surface area contributed by atoms with Crippen LogP contribution in [0.2, 0.25) is 0 Å². The van der Waals surface area contributed by atoms with E-state index >= 15 is 0 Å². The number of carbonyl (C=O) groups is 1. The van der Waals surface area contributed by atoms with E-state index in [1.807, 2.05) is 35.7 Å². The molecule has 0 saturated carbocycles. The average molecular weight is 378 g/mol. The molecule has 132 valence electrons. The smallest absolute Gasteiger partial charge is 0.258 e. The van der Waals surface area contributed by atoms with Gasteiger partial charge in [-0.25, -0.2) is 4.39 Å². The second-order valence-corrected chi connectivity index (χ2v) is 8.38. The molecule has 1 fully saturated rings. The summed E-state index contributed by atoms with van der Waals surface area (Å²) in [5.41, 5.74) is 1.74. The summed E-state index contributed by atoms with van der Waals surface area (Å²) in [7, 11) is 0. The molecule has 0 radical (unpaired) electrons. The molecule has 25 heavy (non-hydrogen) atoms. The summed E-state index contributed by atoms with van der Waals surface area (Å²) in [4.78, 5) is 11.9. The number of ether oxygens (including phenoxy) is 1. The van der Waals surface area contributed by atoms with Gasteiger partial charge in [-0.1, -0.05) is 30.3 Å². The van der Waals surface area contributed by atoms with E-state index in [2.05, 4.69) is 17.4 Å². The van der Waals surface area contributed by atoms with Crippen molar-refractivity contribution in [1.29, 1.82) is 0 Å². The van der Waals surface area contributed by atoms with Crippen molar-refractivity contribution in [3.05, 3.63) is 65.5 Å². The molecule has 0 aromatic heterocycles. The molecule has 2 aromatic carbocycles. The molecular formula is C19H20FNO2S2. The van der Waals surface area contributed by atoms with E-state index in [0.29, 0.717) is 15.9 Å². The SMILES string of the molecule is O=C(COc1ccc(C2SCCCS2)cc1)NCc1ccccc1F. The molecule has 1 saturated heterocycles. The minimum Gasteiger partial charge on any atom is -0.484 e. The highest BCUT2D eigenvalue weighted by atomic mass is 32.2. The van der Waals surface area contributed by atoms with Gasteiger partial charge in [0.1, 0.15) is 11.6 Å². The van der Waals surface area contributed by atoms with Crippen LogP contribution >= 0.6 is 23.5 Å². The lowest BCUT2D eigenvalue weighted by molar-refractivity contribution is -0.123. The van der Waals surface area contributed by atoms with E-state index in [4.69, 9.17) is 4.74 Å². The third-order valence-corrected chi connectivity index (χ3v) is 6.80. The van der Waals surface area contributed by atoms with Crippen molar-refractivity contribution < 1.29 is 13.9 Å². The van der Waals surface area contributed by atoms with E-state index < -0.39 is 0 Å². The maximum atomic E-state index is 13.5. The lowest BCUT2D eigenvalue weighted by Gasteiger charge is -2.21. The Morgan fingerprint density at radius 1 is 1.12 bits per heavy atom. The van der Waals surface area contributed by atoms with Crippen molar-refractivity contribution in [1.82, 2.24) is 5.32 Å². The lowest BCUT2D eigenvalue weighted by atomic mass is 10.2. The molecule has 6 heteroatoms. The van der Waals surface area contributed by atoms with Crippen LogP contribution < -0.4 is 10.1 Å². The first-order valence-corrected chi connectivity index (χ1v) is 10.3. The minimum absolute atomic E-state index is 0.0826. The second kappa shape index (κ2) is 9.15. The Kier molecular flexibility index (Phi) is 6.64. The van der Waals surface area contributed by atoms with Gasteiger partial charge in [-0.3, -0.25) is 4.79 Å². The highest BCUT2D eigenvalue weighted by Gasteiger charge is 2.16. The van der Waals surface area contributed by atoms with Crippen LogP contribution in [0.3, 0.4) is 0 Å². The van der Waals surface area contributed by atoms with Crippen LogP contribution in [-0.4, -0.2) is 24.0 Å². The first-order valence-electron chi connectivity index (χ1n) is 8.18. The molecule has 2 aromatic rings. The molecular weight excluding hydrogens is 357 g/mol. The molecule has 1 aliphatic heterocycles. The summed E-state index contributed by atoms with van der Waals surface area (Å²) < 4.78 is 19.5. The molecule has 0 aliphatic carbocycles. The summed E-state index contributed by atoms with van der Waals surface area (Å²) in [6, 6.07) is 14.3. The topological polar surface area (TPSA) is 38.3 Å². The highest BCUT2D eigenvalue weighted by Crippen LogP contribution is 2.43. The molecule has 0 unspecified atom stereocenters. The molecule has 3 nitrogen and oxygen atoms in total. The van der Waals surface area contributed by atoms with Crippen LogP contribution in [0.1, 0.15) is 22.1 Å². The summed E-state index contributed by atoms with van der Waals surface area (Å²) in [6.45, 7) is 0.0741. The van der Waals surface area contributed by atoms with Gasteiger partial charge in [-0.2, -0.15) is 0 Å². The molecule has 1 N–H and O–H groups in total. The van der Waals surface area contributed by atoms with E-state index in [0.717, 1.165) is 0 Å². The van der Waals surface area contributed by atoms with Gasteiger partial charge in [0.15, 0.2) is 6.61 Å². The van der Waals surface area contributed by atoms with Crippen LogP contribution in [0.5, 0.6) is 5.75 Å². The molecule has 1 heterocycles. The predicted octanol–water partition coefficient (Wildman–Crippen LogP) is 4.39. The largest absolute Gasteiger partial charge is 0.484 e. The summed E-state index contributed by atoms with van der Waals surface area (Å²) >= 11 is 3.95. The van der Waals surface area contributed by atoms with Gasteiger partial charge in [0, 0.05) is 12.1 Å². The normalized spacial score (nSPS) is 14.9. The van der Waals surface area contributed by atoms with Gasteiger partial charge >= 0.3 is 0 Å². The average Bonchev–Trinajstić information content (AvgIpc) is 2.67. The maximum Gasteiger partial charge on any atom is 0.258 e. The number of benzene rings is 2. The van der Waals surface area contributed by atoms with Crippen LogP contribution in [0, 0.1) is 5.82 Å². The standard InChI is InChI=1S/C19H20FNO2S2/c20-17-5-2-1-4-15(17)12-21-18(22)13-23-16-8-6-14(7-9-16)19-24-10-3-11-25-19/h1-2,4-9,19H,3,10-13H2,(H,21,22). The third kappa shape index (κ3) is 5.41. The molecule has 3 rings (SSSR count). The van der Waals surface area contributed by atoms with E-state index in [1.54, 1.807) is 18.2 Å². The predicted molar refractivity (Wildman–Crippen MR) is 102 cm³/mol. The number of amides is 1. The second-order valence-electron chi connectivity index (χ2n) is 5.65. The lowest BCUT2D eigenvalue weighted by Crippen LogP contribution is -2.28. The first kappa shape index (κ1) is 18.1. The fourth-order valence-electron chi connectivity index (χ4n) is 2.44. The minimum atomic E-state index is -0.322. The van der Waals surface area contributed by atoms with E-state index in [9.17, 15) is 9.18 Å². The summed E-state index contributed by atoms with van der Waals surface area (Å²) in [5, 5.41) is 2.66. The van der Waals surface area contributed by atoms with E-state index in [-0.39, 0.29) is 24.9 Å². The van der Waals surface area contributed by atoms with Crippen LogP contribution in [-0.2, 0) is 11.3 Å². The third-order valence-electron chi connectivity index (χ3n) is 3.78. The Morgan fingerprint density at radius 2 is 1.84 bits per heavy atom. The Labute approximate surface area is 155 Å². The quantitative estimate of drug-likeness (QED) is 0.810. The number of halogens is 1. The fraction of sp³-hybridized carbons (Fsp3) is 0.316. The Balaban J connectivity index is 1.44. The highest BCUT2D eigenvalue weighted by molar-refractivity contribution is 8.16. The molecule has 1 aliphatic rings. The van der Waals surface area contributed by atoms with Gasteiger partial charge in [0.25, 0.3) is 5.91 Å². The van der Waals surface area contributed by atoms with Gasteiger partial charge in [-0.15, -0.1) is 23.5 Å². The Morgan fingerprint density at radius 3 is 2.56 bits per heavy atom. The number of carbonyl (C=O) groups excluding carboxylic acids is 1. The Bertz CT molecular complexity index is 703. The summed E-state index contributed by atoms with van der Waals surface area (Å²) in [5.74, 6) is 2.48. The van der Waals surface area contributed by atoms with Crippen LogP contribution in [0.25, 0.3) is 0 Å². The number of nitrogens with one attached hydrogen (secondary N) is 1. The molecule has 0 bridgehead atoms. The first-order chi connectivity index (χ1) is 12.2. The maximum absolute atomic E-state index is 13.5. The number of hydrogen-bond donors (Lipinski definition) is 1. The Hall–Kier alpha value is -1.66. The van der Waals surface area contributed by atoms with Crippen molar-refractivity contribution in [3.63, 3.8) is 0 Å². The van der Waals surface area contributed by atoms with Crippen LogP contribution in [0.4, 0.5) is 4.39 Å². The zero-order valence-electron chi connectivity index (χ0n) is 13.7. The van der Waals surface area contributed by atoms with Gasteiger partial charge in [0.2, 0.25) is 0 Å². The fourth-order valence-corrected chi connectivity index (χ4v) is 5.33. The van der Waals surface area contributed by atoms with Crippen molar-refractivity contribution >= 4 is 29.4 Å². The molecule has 0 atom stereocenters. The zero-order chi connectivity index (χ0) is 17.5. The summed E-state index contributed by atoms with van der Waals surface area (Å²) in [6.07, 6.45) is 1.27. The van der Waals surface area contributed by atoms with Crippen molar-refractivity contribution in [2.45, 2.75) is 17.5 Å². The van der Waals surface area contributed by atoms with Crippen molar-refractivity contribution in [3.8, 4) is 5.75 Å². The van der Waals surface area contributed by atoms with Crippen molar-refractivity contribution in [2.24, 2.45) is 0 Å². The number of rotatable bonds is 6. The van der Waals surface area contributed by atoms with Crippen molar-refractivity contribution in [2.75, 3.05) is 18.1 Å². The van der Waals surface area contributed by atoms with Gasteiger partial charge in [0.05, 0.1) is 4.58 Å². The van der Waals surface area contributed by atoms with E-state index in [1.165, 1.54) is 29.6 Å². The zero-order valence-corrected chi connectivity index (χ0v) is 15.4. The number of hydrogen-bond acceptors (Lipinski definition) is 4. The van der Waals surface area contributed by atoms with Gasteiger partial charge < -0.3 is 10.1 Å².